The van der Waals surface area contributed by atoms with Crippen molar-refractivity contribution in [2.75, 3.05) is 6.61 Å². The third-order valence-corrected chi connectivity index (χ3v) is 9.28. The molecule has 0 aliphatic carbocycles. The maximum absolute atomic E-state index is 13.4. The molecule has 4 aromatic carbocycles. The third-order valence-electron chi connectivity index (χ3n) is 6.86. The second kappa shape index (κ2) is 12.8. The SMILES string of the molecule is O=C(O[C@@H]1[C@@H](OC(=O)c2ccccc2)[C@H]([Se]c2ccccc2)O[C@@H]2COC(c3ccccc3)O[C@@H]12)c1ccccc1. The van der Waals surface area contributed by atoms with Gasteiger partial charge < -0.3 is 0 Å². The Morgan fingerprint density at radius 3 is 1.73 bits per heavy atom. The third kappa shape index (κ3) is 6.43. The van der Waals surface area contributed by atoms with Crippen LogP contribution in [0.3, 0.4) is 0 Å². The summed E-state index contributed by atoms with van der Waals surface area (Å²) in [5.41, 5.74) is 1.61. The molecule has 208 valence electrons. The van der Waals surface area contributed by atoms with Gasteiger partial charge in [0.05, 0.1) is 0 Å². The molecular formula is C33H28O7Se. The minimum atomic E-state index is -0.945. The molecule has 6 rings (SSSR count). The summed E-state index contributed by atoms with van der Waals surface area (Å²) in [6, 6.07) is 36.9. The van der Waals surface area contributed by atoms with Gasteiger partial charge in [-0.2, -0.15) is 0 Å². The predicted octanol–water partition coefficient (Wildman–Crippen LogP) is 4.31. The average Bonchev–Trinajstić information content (AvgIpc) is 3.04. The standard InChI is InChI=1S/C33H28O7Se/c34-30(22-13-5-1-6-14-22)38-28-27-26(21-36-32(40-27)24-17-9-3-10-18-24)37-33(41-25-19-11-4-12-20-25)29(28)39-31(35)23-15-7-2-8-16-23/h1-20,26-29,32-33H,21H2/t26-,27-,28+,29-,32?,33+/m1/s1. The molecule has 0 spiro atoms. The fourth-order valence-electron chi connectivity index (χ4n) is 4.85. The second-order valence-corrected chi connectivity index (χ2v) is 12.1. The summed E-state index contributed by atoms with van der Waals surface area (Å²) in [5.74, 6) is -1.06. The van der Waals surface area contributed by atoms with Crippen molar-refractivity contribution in [1.82, 2.24) is 0 Å². The summed E-state index contributed by atoms with van der Waals surface area (Å²) in [6.45, 7) is 0.227. The number of hydrogen-bond acceptors (Lipinski definition) is 7. The van der Waals surface area contributed by atoms with Crippen LogP contribution in [-0.4, -0.2) is 62.9 Å². The first kappa shape index (κ1) is 27.4. The van der Waals surface area contributed by atoms with E-state index in [1.165, 1.54) is 0 Å². The topological polar surface area (TPSA) is 80.3 Å². The molecule has 2 saturated heterocycles. The molecule has 4 aromatic rings. The fourth-order valence-corrected chi connectivity index (χ4v) is 7.21. The van der Waals surface area contributed by atoms with E-state index < -0.39 is 47.6 Å². The summed E-state index contributed by atoms with van der Waals surface area (Å²) >= 11 is -0.290. The van der Waals surface area contributed by atoms with E-state index >= 15 is 0 Å². The van der Waals surface area contributed by atoms with Gasteiger partial charge in [-0.25, -0.2) is 0 Å². The Morgan fingerprint density at radius 1 is 0.634 bits per heavy atom. The molecule has 8 heteroatoms. The van der Waals surface area contributed by atoms with E-state index in [1.807, 2.05) is 72.8 Å². The van der Waals surface area contributed by atoms with E-state index in [1.54, 1.807) is 48.5 Å². The van der Waals surface area contributed by atoms with Crippen molar-refractivity contribution in [2.45, 2.75) is 35.7 Å². The first-order chi connectivity index (χ1) is 20.2. The Morgan fingerprint density at radius 2 is 1.15 bits per heavy atom. The summed E-state index contributed by atoms with van der Waals surface area (Å²) in [7, 11) is 0. The van der Waals surface area contributed by atoms with Crippen molar-refractivity contribution in [1.29, 1.82) is 0 Å². The molecule has 2 aliphatic rings. The van der Waals surface area contributed by atoms with E-state index in [-0.39, 0.29) is 21.6 Å². The molecule has 0 aromatic heterocycles. The zero-order valence-corrected chi connectivity index (χ0v) is 23.7. The summed E-state index contributed by atoms with van der Waals surface area (Å²) in [4.78, 5) is 26.8. The monoisotopic (exact) mass is 616 g/mol. The number of hydrogen-bond donors (Lipinski definition) is 0. The van der Waals surface area contributed by atoms with Gasteiger partial charge in [-0.3, -0.25) is 0 Å². The van der Waals surface area contributed by atoms with Gasteiger partial charge in [0.25, 0.3) is 0 Å². The molecule has 41 heavy (non-hydrogen) atoms. The van der Waals surface area contributed by atoms with Gasteiger partial charge >= 0.3 is 245 Å². The van der Waals surface area contributed by atoms with E-state index in [9.17, 15) is 9.59 Å². The van der Waals surface area contributed by atoms with Gasteiger partial charge in [0.15, 0.2) is 0 Å². The van der Waals surface area contributed by atoms with Crippen molar-refractivity contribution in [2.24, 2.45) is 0 Å². The average molecular weight is 616 g/mol. The first-order valence-electron chi connectivity index (χ1n) is 13.4. The normalized spacial score (nSPS) is 25.5. The molecule has 0 N–H and O–H groups in total. The van der Waals surface area contributed by atoms with Crippen LogP contribution in [0.5, 0.6) is 0 Å². The molecule has 1 unspecified atom stereocenters. The van der Waals surface area contributed by atoms with Gasteiger partial charge in [0.1, 0.15) is 0 Å². The Bertz CT molecular complexity index is 1440. The quantitative estimate of drug-likeness (QED) is 0.227. The molecule has 2 fully saturated rings. The van der Waals surface area contributed by atoms with Crippen molar-refractivity contribution in [3.8, 4) is 0 Å². The number of carbonyl (C=O) groups is 2. The number of ether oxygens (including phenoxy) is 5. The zero-order chi connectivity index (χ0) is 28.0. The van der Waals surface area contributed by atoms with Crippen LogP contribution in [0.4, 0.5) is 0 Å². The number of esters is 2. The van der Waals surface area contributed by atoms with E-state index in [2.05, 4.69) is 0 Å². The summed E-state index contributed by atoms with van der Waals surface area (Å²) < 4.78 is 32.4. The maximum atomic E-state index is 13.4. The molecule has 0 bridgehead atoms. The number of fused-ring (bicyclic) bond motifs is 1. The Kier molecular flexibility index (Phi) is 8.56. The molecule has 7 nitrogen and oxygen atoms in total. The minimum absolute atomic E-state index is 0.227. The van der Waals surface area contributed by atoms with Gasteiger partial charge in [-0.1, -0.05) is 0 Å². The number of benzene rings is 4. The second-order valence-electron chi connectivity index (χ2n) is 9.62. The van der Waals surface area contributed by atoms with Crippen molar-refractivity contribution < 1.29 is 33.3 Å². The van der Waals surface area contributed by atoms with E-state index in [4.69, 9.17) is 23.7 Å². The van der Waals surface area contributed by atoms with Crippen molar-refractivity contribution >= 4 is 31.4 Å². The number of rotatable bonds is 7. The zero-order valence-electron chi connectivity index (χ0n) is 22.0. The first-order valence-corrected chi connectivity index (χ1v) is 15.2. The molecule has 0 amide bonds. The van der Waals surface area contributed by atoms with Crippen LogP contribution in [-0.2, 0) is 23.7 Å². The molecule has 6 atom stereocenters. The fraction of sp³-hybridized carbons (Fsp3) is 0.212. The van der Waals surface area contributed by atoms with Crippen LogP contribution in [0.25, 0.3) is 0 Å². The van der Waals surface area contributed by atoms with Crippen LogP contribution < -0.4 is 4.46 Å². The predicted molar refractivity (Wildman–Crippen MR) is 152 cm³/mol. The van der Waals surface area contributed by atoms with Gasteiger partial charge in [-0.05, 0) is 0 Å². The van der Waals surface area contributed by atoms with Gasteiger partial charge in [0, 0.05) is 0 Å². The van der Waals surface area contributed by atoms with Crippen LogP contribution in [0.1, 0.15) is 32.6 Å². The Hall–Kier alpha value is -3.78. The summed E-state index contributed by atoms with van der Waals surface area (Å²) in [5, 5.41) is -0.562. The van der Waals surface area contributed by atoms with Crippen LogP contribution in [0, 0.1) is 0 Å². The Balaban J connectivity index is 1.36. The van der Waals surface area contributed by atoms with Crippen molar-refractivity contribution in [3.05, 3.63) is 138 Å². The van der Waals surface area contributed by atoms with Crippen LogP contribution in [0.15, 0.2) is 121 Å². The molecule has 2 aliphatic heterocycles. The molecular weight excluding hydrogens is 587 g/mol. The number of carbonyl (C=O) groups excluding carboxylic acids is 2. The molecule has 2 heterocycles. The van der Waals surface area contributed by atoms with E-state index in [0.29, 0.717) is 11.1 Å². The van der Waals surface area contributed by atoms with Crippen molar-refractivity contribution in [3.63, 3.8) is 0 Å². The van der Waals surface area contributed by atoms with Crippen LogP contribution in [0.2, 0.25) is 0 Å². The van der Waals surface area contributed by atoms with E-state index in [0.717, 1.165) is 10.0 Å². The molecule has 0 radical (unpaired) electrons. The van der Waals surface area contributed by atoms with Gasteiger partial charge in [0.2, 0.25) is 0 Å². The summed E-state index contributed by atoms with van der Waals surface area (Å²) in [6.07, 6.45) is -3.84. The molecule has 0 saturated carbocycles. The Labute approximate surface area is 244 Å². The van der Waals surface area contributed by atoms with Crippen LogP contribution >= 0.6 is 0 Å². The van der Waals surface area contributed by atoms with Gasteiger partial charge in [-0.15, -0.1) is 0 Å².